The summed E-state index contributed by atoms with van der Waals surface area (Å²) in [5, 5.41) is 4.35. The molecule has 0 aliphatic carbocycles. The van der Waals surface area contributed by atoms with Gasteiger partial charge in [0.05, 0.1) is 25.5 Å². The Morgan fingerprint density at radius 1 is 1.56 bits per heavy atom. The number of ether oxygens (including phenoxy) is 1. The van der Waals surface area contributed by atoms with Crippen molar-refractivity contribution in [2.24, 2.45) is 5.73 Å². The van der Waals surface area contributed by atoms with Crippen LogP contribution in [0.5, 0.6) is 0 Å². The molecule has 5 nitrogen and oxygen atoms in total. The van der Waals surface area contributed by atoms with Crippen LogP contribution in [0.3, 0.4) is 0 Å². The lowest BCUT2D eigenvalue weighted by atomic mass is 9.97. The number of hydrogen-bond donors (Lipinski definition) is 1. The molecule has 1 aliphatic heterocycles. The second kappa shape index (κ2) is 5.38. The van der Waals surface area contributed by atoms with Crippen LogP contribution in [-0.4, -0.2) is 46.5 Å². The Kier molecular flexibility index (Phi) is 4.04. The summed E-state index contributed by atoms with van der Waals surface area (Å²) in [5.41, 5.74) is 7.22. The smallest absolute Gasteiger partial charge is 0.0645 e. The highest BCUT2D eigenvalue weighted by atomic mass is 16.5. The molecule has 1 unspecified atom stereocenters. The molecule has 1 atom stereocenters. The molecule has 2 rings (SSSR count). The van der Waals surface area contributed by atoms with Gasteiger partial charge in [-0.05, 0) is 20.8 Å². The van der Waals surface area contributed by atoms with Gasteiger partial charge in [0.2, 0.25) is 0 Å². The number of nitrogens with two attached hydrogens (primary N) is 1. The fourth-order valence-electron chi connectivity index (χ4n) is 2.62. The molecule has 0 radical (unpaired) electrons. The summed E-state index contributed by atoms with van der Waals surface area (Å²) in [7, 11) is 0. The lowest BCUT2D eigenvalue weighted by molar-refractivity contribution is -0.0712. The number of nitrogens with zero attached hydrogens (tertiary/aromatic N) is 3. The van der Waals surface area contributed by atoms with Crippen molar-refractivity contribution in [1.29, 1.82) is 0 Å². The van der Waals surface area contributed by atoms with Crippen LogP contribution in [0, 0.1) is 0 Å². The van der Waals surface area contributed by atoms with Gasteiger partial charge in [-0.25, -0.2) is 0 Å². The van der Waals surface area contributed by atoms with Crippen LogP contribution in [0.1, 0.15) is 32.4 Å². The zero-order valence-electron chi connectivity index (χ0n) is 11.6. The third kappa shape index (κ3) is 2.58. The summed E-state index contributed by atoms with van der Waals surface area (Å²) < 4.78 is 7.52. The fraction of sp³-hybridized carbons (Fsp3) is 0.769. The third-order valence-electron chi connectivity index (χ3n) is 3.67. The van der Waals surface area contributed by atoms with Gasteiger partial charge < -0.3 is 10.5 Å². The molecule has 1 aromatic rings. The van der Waals surface area contributed by atoms with Crippen LogP contribution in [0.4, 0.5) is 0 Å². The first kappa shape index (κ1) is 13.5. The number of aryl methyl sites for hydroxylation is 1. The van der Waals surface area contributed by atoms with Crippen molar-refractivity contribution >= 4 is 0 Å². The van der Waals surface area contributed by atoms with Crippen LogP contribution in [0.2, 0.25) is 0 Å². The maximum atomic E-state index is 5.99. The molecule has 0 bridgehead atoms. The van der Waals surface area contributed by atoms with Crippen LogP contribution in [-0.2, 0) is 11.3 Å². The van der Waals surface area contributed by atoms with Gasteiger partial charge in [0, 0.05) is 36.9 Å². The molecular weight excluding hydrogens is 228 g/mol. The van der Waals surface area contributed by atoms with E-state index in [0.717, 1.165) is 26.3 Å². The predicted molar refractivity (Wildman–Crippen MR) is 71.3 cm³/mol. The topological polar surface area (TPSA) is 56.3 Å². The van der Waals surface area contributed by atoms with Gasteiger partial charge in [-0.3, -0.25) is 9.58 Å². The quantitative estimate of drug-likeness (QED) is 0.869. The van der Waals surface area contributed by atoms with Crippen LogP contribution in [0.15, 0.2) is 12.4 Å². The summed E-state index contributed by atoms with van der Waals surface area (Å²) >= 11 is 0. The van der Waals surface area contributed by atoms with Crippen LogP contribution >= 0.6 is 0 Å². The largest absolute Gasteiger partial charge is 0.378 e. The van der Waals surface area contributed by atoms with E-state index in [1.165, 1.54) is 5.56 Å². The maximum Gasteiger partial charge on any atom is 0.0645 e. The number of hydrogen-bond acceptors (Lipinski definition) is 4. The van der Waals surface area contributed by atoms with E-state index in [4.69, 9.17) is 10.5 Å². The Balaban J connectivity index is 2.21. The summed E-state index contributed by atoms with van der Waals surface area (Å²) in [5.74, 6) is 0. The van der Waals surface area contributed by atoms with Crippen LogP contribution < -0.4 is 5.73 Å². The normalized spacial score (nSPS) is 22.0. The second-order valence-corrected chi connectivity index (χ2v) is 5.44. The van der Waals surface area contributed by atoms with Crippen molar-refractivity contribution in [3.8, 4) is 0 Å². The SMILES string of the molecule is CCn1cc(C(CN)N2CCOCC2(C)C)cn1. The zero-order chi connectivity index (χ0) is 13.2. The van der Waals surface area contributed by atoms with Gasteiger partial charge in [-0.2, -0.15) is 5.10 Å². The first-order valence-electron chi connectivity index (χ1n) is 6.65. The standard InChI is InChI=1S/C13H24N4O/c1-4-16-9-11(8-15-16)12(7-14)17-5-6-18-10-13(17,2)3/h8-9,12H,4-7,10,14H2,1-3H3. The Labute approximate surface area is 109 Å². The molecule has 2 N–H and O–H groups in total. The summed E-state index contributed by atoms with van der Waals surface area (Å²) in [4.78, 5) is 2.44. The van der Waals surface area contributed by atoms with Crippen molar-refractivity contribution in [1.82, 2.24) is 14.7 Å². The van der Waals surface area contributed by atoms with Crippen molar-refractivity contribution < 1.29 is 4.74 Å². The lowest BCUT2D eigenvalue weighted by Gasteiger charge is -2.46. The third-order valence-corrected chi connectivity index (χ3v) is 3.67. The monoisotopic (exact) mass is 252 g/mol. The van der Waals surface area contributed by atoms with E-state index in [-0.39, 0.29) is 11.6 Å². The van der Waals surface area contributed by atoms with E-state index in [9.17, 15) is 0 Å². The van der Waals surface area contributed by atoms with Crippen molar-refractivity contribution in [3.05, 3.63) is 18.0 Å². The van der Waals surface area contributed by atoms with Crippen molar-refractivity contribution in [3.63, 3.8) is 0 Å². The fourth-order valence-corrected chi connectivity index (χ4v) is 2.62. The van der Waals surface area contributed by atoms with E-state index in [1.54, 1.807) is 0 Å². The average Bonchev–Trinajstić information content (AvgIpc) is 2.80. The van der Waals surface area contributed by atoms with E-state index in [0.29, 0.717) is 6.54 Å². The number of rotatable bonds is 4. The highest BCUT2D eigenvalue weighted by Crippen LogP contribution is 2.29. The molecule has 2 heterocycles. The van der Waals surface area contributed by atoms with Gasteiger partial charge in [0.1, 0.15) is 0 Å². The minimum atomic E-state index is 0.0244. The van der Waals surface area contributed by atoms with E-state index < -0.39 is 0 Å². The van der Waals surface area contributed by atoms with Crippen molar-refractivity contribution in [2.75, 3.05) is 26.3 Å². The molecule has 1 aliphatic rings. The molecule has 0 amide bonds. The average molecular weight is 252 g/mol. The highest BCUT2D eigenvalue weighted by molar-refractivity contribution is 5.13. The van der Waals surface area contributed by atoms with E-state index in [2.05, 4.69) is 37.0 Å². The minimum Gasteiger partial charge on any atom is -0.378 e. The van der Waals surface area contributed by atoms with E-state index >= 15 is 0 Å². The zero-order valence-corrected chi connectivity index (χ0v) is 11.6. The first-order valence-corrected chi connectivity index (χ1v) is 6.65. The first-order chi connectivity index (χ1) is 8.58. The minimum absolute atomic E-state index is 0.0244. The number of aromatic nitrogens is 2. The van der Waals surface area contributed by atoms with Gasteiger partial charge in [-0.1, -0.05) is 0 Å². The number of morpholine rings is 1. The molecule has 18 heavy (non-hydrogen) atoms. The van der Waals surface area contributed by atoms with Gasteiger partial charge in [0.15, 0.2) is 0 Å². The molecule has 0 aromatic carbocycles. The molecular formula is C13H24N4O. The molecule has 102 valence electrons. The predicted octanol–water partition coefficient (Wildman–Crippen LogP) is 1.01. The molecule has 5 heteroatoms. The summed E-state index contributed by atoms with van der Waals surface area (Å²) in [6.07, 6.45) is 4.04. The molecule has 0 saturated carbocycles. The molecule has 1 aromatic heterocycles. The van der Waals surface area contributed by atoms with Gasteiger partial charge in [0.25, 0.3) is 0 Å². The Morgan fingerprint density at radius 2 is 2.33 bits per heavy atom. The highest BCUT2D eigenvalue weighted by Gasteiger charge is 2.36. The Hall–Kier alpha value is -0.910. The second-order valence-electron chi connectivity index (χ2n) is 5.44. The lowest BCUT2D eigenvalue weighted by Crippen LogP contribution is -2.55. The maximum absolute atomic E-state index is 5.99. The molecule has 0 spiro atoms. The molecule has 1 fully saturated rings. The Morgan fingerprint density at radius 3 is 2.89 bits per heavy atom. The summed E-state index contributed by atoms with van der Waals surface area (Å²) in [6.45, 7) is 10.5. The van der Waals surface area contributed by atoms with Crippen molar-refractivity contribution in [2.45, 2.75) is 38.9 Å². The van der Waals surface area contributed by atoms with Gasteiger partial charge >= 0.3 is 0 Å². The van der Waals surface area contributed by atoms with Gasteiger partial charge in [-0.15, -0.1) is 0 Å². The molecule has 1 saturated heterocycles. The Bertz CT molecular complexity index is 388. The van der Waals surface area contributed by atoms with Crippen LogP contribution in [0.25, 0.3) is 0 Å². The van der Waals surface area contributed by atoms with E-state index in [1.807, 2.05) is 10.9 Å². The summed E-state index contributed by atoms with van der Waals surface area (Å²) in [6, 6.07) is 0.226.